The molecule has 3 aromatic rings. The third-order valence-electron chi connectivity index (χ3n) is 3.75. The zero-order valence-corrected chi connectivity index (χ0v) is 14.5. The average molecular weight is 349 g/mol. The largest absolute Gasteiger partial charge is 0.497 e. The van der Waals surface area contributed by atoms with Crippen LogP contribution in [0, 0.1) is 0 Å². The third-order valence-corrected chi connectivity index (χ3v) is 3.75. The quantitative estimate of drug-likeness (QED) is 0.582. The summed E-state index contributed by atoms with van der Waals surface area (Å²) in [6.07, 6.45) is 1.41. The van der Waals surface area contributed by atoms with E-state index in [-0.39, 0.29) is 5.78 Å². The first-order valence-electron chi connectivity index (χ1n) is 7.96. The first kappa shape index (κ1) is 17.2. The lowest BCUT2D eigenvalue weighted by Crippen LogP contribution is -2.05. The molecule has 0 spiro atoms. The summed E-state index contributed by atoms with van der Waals surface area (Å²) in [7, 11) is 1.61. The number of methoxy groups -OCH3 is 1. The Labute approximate surface area is 151 Å². The van der Waals surface area contributed by atoms with Gasteiger partial charge in [0.1, 0.15) is 17.8 Å². The number of nitrogens with two attached hydrogens (primary N) is 1. The number of nitrogens with zero attached hydrogens (tertiary/aromatic N) is 2. The van der Waals surface area contributed by atoms with E-state index in [0.717, 1.165) is 17.1 Å². The van der Waals surface area contributed by atoms with Gasteiger partial charge >= 0.3 is 0 Å². The van der Waals surface area contributed by atoms with E-state index in [1.165, 1.54) is 13.3 Å². The molecular weight excluding hydrogens is 330 g/mol. The van der Waals surface area contributed by atoms with Gasteiger partial charge in [0.25, 0.3) is 0 Å². The molecule has 1 heterocycles. The molecule has 0 aliphatic heterocycles. The van der Waals surface area contributed by atoms with Crippen molar-refractivity contribution in [1.29, 1.82) is 0 Å². The van der Waals surface area contributed by atoms with Gasteiger partial charge < -0.3 is 21.1 Å². The average Bonchev–Trinajstić information content (AvgIpc) is 2.65. The van der Waals surface area contributed by atoms with E-state index in [4.69, 9.17) is 10.5 Å². The number of hydrogen-bond acceptors (Lipinski definition) is 7. The second-order valence-corrected chi connectivity index (χ2v) is 5.60. The van der Waals surface area contributed by atoms with Crippen LogP contribution in [0.1, 0.15) is 17.3 Å². The minimum Gasteiger partial charge on any atom is -0.497 e. The van der Waals surface area contributed by atoms with Crippen molar-refractivity contribution in [2.45, 2.75) is 6.92 Å². The molecule has 0 radical (unpaired) electrons. The van der Waals surface area contributed by atoms with Crippen LogP contribution < -0.4 is 21.1 Å². The molecule has 1 aromatic heterocycles. The zero-order chi connectivity index (χ0) is 18.5. The lowest BCUT2D eigenvalue weighted by atomic mass is 10.1. The smallest absolute Gasteiger partial charge is 0.159 e. The predicted octanol–water partition coefficient (Wildman–Crippen LogP) is 3.76. The maximum absolute atomic E-state index is 11.5. The number of nitrogens with one attached hydrogen (secondary N) is 2. The Morgan fingerprint density at radius 2 is 1.62 bits per heavy atom. The molecule has 3 rings (SSSR count). The molecule has 0 amide bonds. The fourth-order valence-electron chi connectivity index (χ4n) is 2.38. The van der Waals surface area contributed by atoms with Crippen LogP contribution in [-0.2, 0) is 0 Å². The van der Waals surface area contributed by atoms with Gasteiger partial charge in [-0.3, -0.25) is 4.79 Å². The highest BCUT2D eigenvalue weighted by molar-refractivity contribution is 5.95. The molecule has 0 bridgehead atoms. The Balaban J connectivity index is 1.85. The van der Waals surface area contributed by atoms with Gasteiger partial charge in [-0.15, -0.1) is 0 Å². The van der Waals surface area contributed by atoms with Crippen molar-refractivity contribution in [3.05, 3.63) is 60.4 Å². The Hall–Kier alpha value is -3.61. The van der Waals surface area contributed by atoms with E-state index in [1.807, 2.05) is 30.3 Å². The lowest BCUT2D eigenvalue weighted by Gasteiger charge is -2.13. The summed E-state index contributed by atoms with van der Waals surface area (Å²) in [6.45, 7) is 1.52. The normalized spacial score (nSPS) is 10.2. The number of carbonyl (C=O) groups excluding carboxylic acids is 1. The Kier molecular flexibility index (Phi) is 4.98. The summed E-state index contributed by atoms with van der Waals surface area (Å²) in [5.74, 6) is 1.64. The van der Waals surface area contributed by atoms with Crippen LogP contribution >= 0.6 is 0 Å². The molecule has 2 aromatic carbocycles. The van der Waals surface area contributed by atoms with Gasteiger partial charge in [0.2, 0.25) is 0 Å². The number of hydrogen-bond donors (Lipinski definition) is 3. The summed E-state index contributed by atoms with van der Waals surface area (Å²) in [5.41, 5.74) is 8.68. The maximum atomic E-state index is 11.5. The van der Waals surface area contributed by atoms with E-state index in [0.29, 0.717) is 22.9 Å². The number of aromatic nitrogens is 2. The molecule has 0 unspecified atom stereocenters. The molecule has 0 aliphatic carbocycles. The number of benzene rings is 2. The minimum absolute atomic E-state index is 0.00955. The van der Waals surface area contributed by atoms with Gasteiger partial charge in [0.05, 0.1) is 7.11 Å². The third kappa shape index (κ3) is 3.89. The van der Waals surface area contributed by atoms with Crippen molar-refractivity contribution in [3.63, 3.8) is 0 Å². The van der Waals surface area contributed by atoms with E-state index < -0.39 is 0 Å². The maximum Gasteiger partial charge on any atom is 0.159 e. The fraction of sp³-hybridized carbons (Fsp3) is 0.105. The lowest BCUT2D eigenvalue weighted by molar-refractivity contribution is 0.101. The van der Waals surface area contributed by atoms with Crippen molar-refractivity contribution >= 4 is 34.5 Å². The monoisotopic (exact) mass is 349 g/mol. The van der Waals surface area contributed by atoms with Crippen molar-refractivity contribution in [2.24, 2.45) is 0 Å². The van der Waals surface area contributed by atoms with Crippen LogP contribution in [0.15, 0.2) is 54.9 Å². The van der Waals surface area contributed by atoms with Crippen molar-refractivity contribution < 1.29 is 9.53 Å². The van der Waals surface area contributed by atoms with Gasteiger partial charge in [0, 0.05) is 23.0 Å². The number of carbonyl (C=O) groups is 1. The Bertz CT molecular complexity index is 943. The molecule has 132 valence electrons. The van der Waals surface area contributed by atoms with Gasteiger partial charge in [-0.05, 0) is 31.2 Å². The minimum atomic E-state index is -0.00955. The molecule has 0 aliphatic rings. The number of ether oxygens (including phenoxy) is 1. The molecule has 0 saturated carbocycles. The number of Topliss-reactive ketones (excluding diaryl/α,β-unsaturated/α-hetero) is 1. The van der Waals surface area contributed by atoms with E-state index in [2.05, 4.69) is 20.6 Å². The summed E-state index contributed by atoms with van der Waals surface area (Å²) in [4.78, 5) is 19.9. The van der Waals surface area contributed by atoms with Crippen molar-refractivity contribution in [2.75, 3.05) is 23.5 Å². The Morgan fingerprint density at radius 3 is 2.23 bits per heavy atom. The first-order valence-corrected chi connectivity index (χ1v) is 7.96. The van der Waals surface area contributed by atoms with Gasteiger partial charge in [0.15, 0.2) is 17.4 Å². The molecule has 26 heavy (non-hydrogen) atoms. The Morgan fingerprint density at radius 1 is 1.00 bits per heavy atom. The number of anilines is 5. The highest BCUT2D eigenvalue weighted by atomic mass is 16.5. The fourth-order valence-corrected chi connectivity index (χ4v) is 2.38. The van der Waals surface area contributed by atoms with Crippen LogP contribution in [0.25, 0.3) is 0 Å². The second kappa shape index (κ2) is 7.52. The molecule has 7 nitrogen and oxygen atoms in total. The number of nitrogen functional groups attached to an aromatic ring is 1. The topological polar surface area (TPSA) is 102 Å². The highest BCUT2D eigenvalue weighted by Gasteiger charge is 2.10. The van der Waals surface area contributed by atoms with Crippen molar-refractivity contribution in [1.82, 2.24) is 9.97 Å². The summed E-state index contributed by atoms with van der Waals surface area (Å²) in [6, 6.07) is 14.6. The molecule has 0 fully saturated rings. The van der Waals surface area contributed by atoms with Crippen LogP contribution in [0.5, 0.6) is 5.75 Å². The summed E-state index contributed by atoms with van der Waals surface area (Å²) in [5, 5.41) is 6.28. The van der Waals surface area contributed by atoms with E-state index >= 15 is 0 Å². The summed E-state index contributed by atoms with van der Waals surface area (Å²) >= 11 is 0. The molecule has 4 N–H and O–H groups in total. The molecule has 7 heteroatoms. The van der Waals surface area contributed by atoms with E-state index in [9.17, 15) is 4.79 Å². The van der Waals surface area contributed by atoms with E-state index in [1.54, 1.807) is 25.3 Å². The van der Waals surface area contributed by atoms with Crippen LogP contribution in [0.2, 0.25) is 0 Å². The first-order chi connectivity index (χ1) is 12.6. The van der Waals surface area contributed by atoms with Crippen LogP contribution in [0.3, 0.4) is 0 Å². The molecular formula is C19H19N5O2. The van der Waals surface area contributed by atoms with Gasteiger partial charge in [-0.1, -0.05) is 18.2 Å². The SMILES string of the molecule is COc1cccc(Nc2ncnc(Nc3cccc(C(C)=O)c3)c2N)c1. The number of ketones is 1. The number of rotatable bonds is 6. The summed E-state index contributed by atoms with van der Waals surface area (Å²) < 4.78 is 5.21. The standard InChI is InChI=1S/C19H19N5O2/c1-12(25)13-5-3-6-14(9-13)23-18-17(20)19(22-11-21-18)24-15-7-4-8-16(10-15)26-2/h3-11H,20H2,1-2H3,(H2,21,22,23,24). The molecule has 0 atom stereocenters. The van der Waals surface area contributed by atoms with Crippen LogP contribution in [-0.4, -0.2) is 22.9 Å². The van der Waals surface area contributed by atoms with Gasteiger partial charge in [-0.25, -0.2) is 9.97 Å². The zero-order valence-electron chi connectivity index (χ0n) is 14.5. The highest BCUT2D eigenvalue weighted by Crippen LogP contribution is 2.29. The predicted molar refractivity (Wildman–Crippen MR) is 102 cm³/mol. The van der Waals surface area contributed by atoms with Gasteiger partial charge in [-0.2, -0.15) is 0 Å². The van der Waals surface area contributed by atoms with Crippen molar-refractivity contribution in [3.8, 4) is 5.75 Å². The van der Waals surface area contributed by atoms with Crippen LogP contribution in [0.4, 0.5) is 28.7 Å². The second-order valence-electron chi connectivity index (χ2n) is 5.60. The molecule has 0 saturated heterocycles.